The minimum absolute atomic E-state index is 0.127. The van der Waals surface area contributed by atoms with Gasteiger partial charge in [-0.1, -0.05) is 0 Å². The SMILES string of the molecule is COCC(C)(C)NC(=O)c1cc([N+](=O)[O-])ccc1Br. The van der Waals surface area contributed by atoms with Crippen LogP contribution in [-0.2, 0) is 4.74 Å². The molecule has 1 amide bonds. The van der Waals surface area contributed by atoms with Gasteiger partial charge in [0.25, 0.3) is 11.6 Å². The minimum Gasteiger partial charge on any atom is -0.382 e. The van der Waals surface area contributed by atoms with E-state index >= 15 is 0 Å². The number of hydrogen-bond donors (Lipinski definition) is 1. The smallest absolute Gasteiger partial charge is 0.270 e. The van der Waals surface area contributed by atoms with E-state index < -0.39 is 16.4 Å². The summed E-state index contributed by atoms with van der Waals surface area (Å²) >= 11 is 3.21. The lowest BCUT2D eigenvalue weighted by Crippen LogP contribution is -2.46. The molecule has 0 saturated carbocycles. The first-order chi connectivity index (χ1) is 8.76. The molecule has 1 aromatic rings. The number of nitrogens with zero attached hydrogens (tertiary/aromatic N) is 1. The van der Waals surface area contributed by atoms with E-state index in [0.717, 1.165) is 0 Å². The molecule has 0 bridgehead atoms. The molecule has 1 N–H and O–H groups in total. The molecule has 7 heteroatoms. The molecular formula is C12H15BrN2O4. The first-order valence-corrected chi connectivity index (χ1v) is 6.31. The molecule has 0 aromatic heterocycles. The minimum atomic E-state index is -0.560. The predicted octanol–water partition coefficient (Wildman–Crippen LogP) is 2.51. The van der Waals surface area contributed by atoms with Gasteiger partial charge in [-0.3, -0.25) is 14.9 Å². The van der Waals surface area contributed by atoms with Crippen LogP contribution in [0.3, 0.4) is 0 Å². The van der Waals surface area contributed by atoms with Gasteiger partial charge >= 0.3 is 0 Å². The number of benzene rings is 1. The fourth-order valence-corrected chi connectivity index (χ4v) is 2.00. The van der Waals surface area contributed by atoms with E-state index in [1.807, 2.05) is 0 Å². The lowest BCUT2D eigenvalue weighted by atomic mass is 10.1. The first kappa shape index (κ1) is 15.6. The highest BCUT2D eigenvalue weighted by Gasteiger charge is 2.23. The number of amides is 1. The van der Waals surface area contributed by atoms with Gasteiger partial charge in [0.1, 0.15) is 0 Å². The second-order valence-electron chi connectivity index (χ2n) is 4.69. The number of non-ortho nitro benzene ring substituents is 1. The molecule has 0 spiro atoms. The number of carbonyl (C=O) groups excluding carboxylic acids is 1. The van der Waals surface area contributed by atoms with Gasteiger partial charge in [-0.25, -0.2) is 0 Å². The Hall–Kier alpha value is -1.47. The summed E-state index contributed by atoms with van der Waals surface area (Å²) in [6.45, 7) is 3.95. The second kappa shape index (κ2) is 6.12. The second-order valence-corrected chi connectivity index (χ2v) is 5.55. The Balaban J connectivity index is 2.99. The zero-order valence-electron chi connectivity index (χ0n) is 10.9. The van der Waals surface area contributed by atoms with E-state index in [2.05, 4.69) is 21.2 Å². The summed E-state index contributed by atoms with van der Waals surface area (Å²) < 4.78 is 5.50. The van der Waals surface area contributed by atoms with Crippen LogP contribution in [0.4, 0.5) is 5.69 Å². The van der Waals surface area contributed by atoms with Crippen LogP contribution in [0, 0.1) is 10.1 Å². The quantitative estimate of drug-likeness (QED) is 0.664. The summed E-state index contributed by atoms with van der Waals surface area (Å²) in [6.07, 6.45) is 0. The van der Waals surface area contributed by atoms with E-state index in [-0.39, 0.29) is 11.3 Å². The maximum absolute atomic E-state index is 12.1. The number of nitro benzene ring substituents is 1. The van der Waals surface area contributed by atoms with Crippen LogP contribution in [0.15, 0.2) is 22.7 Å². The fraction of sp³-hybridized carbons (Fsp3) is 0.417. The third kappa shape index (κ3) is 4.29. The summed E-state index contributed by atoms with van der Waals surface area (Å²) in [5.74, 6) is -0.391. The summed E-state index contributed by atoms with van der Waals surface area (Å²) in [4.78, 5) is 22.3. The van der Waals surface area contributed by atoms with Crippen molar-refractivity contribution < 1.29 is 14.5 Å². The average Bonchev–Trinajstić information content (AvgIpc) is 2.28. The number of nitro groups is 1. The van der Waals surface area contributed by atoms with Crippen molar-refractivity contribution in [3.63, 3.8) is 0 Å². The summed E-state index contributed by atoms with van der Waals surface area (Å²) in [7, 11) is 1.54. The molecule has 0 saturated heterocycles. The molecular weight excluding hydrogens is 316 g/mol. The standard InChI is InChI=1S/C12H15BrN2O4/c1-12(2,7-19-3)14-11(16)9-6-8(15(17)18)4-5-10(9)13/h4-6H,7H2,1-3H3,(H,14,16). The third-order valence-electron chi connectivity index (χ3n) is 2.36. The largest absolute Gasteiger partial charge is 0.382 e. The maximum atomic E-state index is 12.1. The van der Waals surface area contributed by atoms with E-state index in [1.54, 1.807) is 13.8 Å². The lowest BCUT2D eigenvalue weighted by Gasteiger charge is -2.25. The number of nitrogens with one attached hydrogen (secondary N) is 1. The third-order valence-corrected chi connectivity index (χ3v) is 3.05. The van der Waals surface area contributed by atoms with Crippen molar-refractivity contribution in [2.75, 3.05) is 13.7 Å². The van der Waals surface area contributed by atoms with Gasteiger partial charge in [0.2, 0.25) is 0 Å². The molecule has 0 aliphatic rings. The molecule has 0 heterocycles. The van der Waals surface area contributed by atoms with Crippen molar-refractivity contribution in [2.45, 2.75) is 19.4 Å². The molecule has 0 radical (unpaired) electrons. The lowest BCUT2D eigenvalue weighted by molar-refractivity contribution is -0.384. The summed E-state index contributed by atoms with van der Waals surface area (Å²) in [6, 6.07) is 4.06. The van der Waals surface area contributed by atoms with Gasteiger partial charge in [0.15, 0.2) is 0 Å². The van der Waals surface area contributed by atoms with Crippen LogP contribution in [0.5, 0.6) is 0 Å². The normalized spacial score (nSPS) is 11.2. The van der Waals surface area contributed by atoms with Crippen molar-refractivity contribution in [2.24, 2.45) is 0 Å². The molecule has 104 valence electrons. The number of carbonyl (C=O) groups is 1. The summed E-state index contributed by atoms with van der Waals surface area (Å²) in [5.41, 5.74) is -0.466. The van der Waals surface area contributed by atoms with Crippen molar-refractivity contribution in [1.82, 2.24) is 5.32 Å². The molecule has 0 fully saturated rings. The summed E-state index contributed by atoms with van der Waals surface area (Å²) in [5, 5.41) is 13.5. The van der Waals surface area contributed by atoms with Crippen molar-refractivity contribution in [1.29, 1.82) is 0 Å². The highest BCUT2D eigenvalue weighted by Crippen LogP contribution is 2.23. The number of ether oxygens (including phenoxy) is 1. The molecule has 0 unspecified atom stereocenters. The van der Waals surface area contributed by atoms with Gasteiger partial charge < -0.3 is 10.1 Å². The Morgan fingerprint density at radius 2 is 2.16 bits per heavy atom. The van der Waals surface area contributed by atoms with E-state index in [0.29, 0.717) is 11.1 Å². The van der Waals surface area contributed by atoms with Gasteiger partial charge in [0.05, 0.1) is 22.6 Å². The van der Waals surface area contributed by atoms with Crippen LogP contribution in [0.1, 0.15) is 24.2 Å². The van der Waals surface area contributed by atoms with E-state index in [1.165, 1.54) is 25.3 Å². The van der Waals surface area contributed by atoms with Gasteiger partial charge in [0, 0.05) is 23.7 Å². The fourth-order valence-electron chi connectivity index (χ4n) is 1.57. The Morgan fingerprint density at radius 3 is 2.68 bits per heavy atom. The number of hydrogen-bond acceptors (Lipinski definition) is 4. The number of halogens is 1. The zero-order valence-corrected chi connectivity index (χ0v) is 12.5. The Labute approximate surface area is 119 Å². The molecule has 1 rings (SSSR count). The van der Waals surface area contributed by atoms with Gasteiger partial charge in [-0.2, -0.15) is 0 Å². The monoisotopic (exact) mass is 330 g/mol. The molecule has 1 aromatic carbocycles. The Morgan fingerprint density at radius 1 is 1.53 bits per heavy atom. The van der Waals surface area contributed by atoms with Crippen LogP contribution in [0.25, 0.3) is 0 Å². The molecule has 0 aliphatic carbocycles. The first-order valence-electron chi connectivity index (χ1n) is 5.52. The van der Waals surface area contributed by atoms with Crippen molar-refractivity contribution in [3.05, 3.63) is 38.3 Å². The number of rotatable bonds is 5. The van der Waals surface area contributed by atoms with Gasteiger partial charge in [-0.05, 0) is 35.8 Å². The predicted molar refractivity (Wildman–Crippen MR) is 74.2 cm³/mol. The van der Waals surface area contributed by atoms with E-state index in [9.17, 15) is 14.9 Å². The highest BCUT2D eigenvalue weighted by atomic mass is 79.9. The molecule has 0 aliphatic heterocycles. The average molecular weight is 331 g/mol. The molecule has 6 nitrogen and oxygen atoms in total. The zero-order chi connectivity index (χ0) is 14.6. The van der Waals surface area contributed by atoms with Crippen molar-refractivity contribution in [3.8, 4) is 0 Å². The van der Waals surface area contributed by atoms with Gasteiger partial charge in [-0.15, -0.1) is 0 Å². The highest BCUT2D eigenvalue weighted by molar-refractivity contribution is 9.10. The van der Waals surface area contributed by atoms with Crippen LogP contribution in [0.2, 0.25) is 0 Å². The van der Waals surface area contributed by atoms with Crippen LogP contribution >= 0.6 is 15.9 Å². The van der Waals surface area contributed by atoms with Crippen molar-refractivity contribution >= 4 is 27.5 Å². The van der Waals surface area contributed by atoms with Crippen LogP contribution < -0.4 is 5.32 Å². The van der Waals surface area contributed by atoms with E-state index in [4.69, 9.17) is 4.74 Å². The topological polar surface area (TPSA) is 81.5 Å². The Kier molecular flexibility index (Phi) is 5.02. The Bertz CT molecular complexity index is 503. The molecule has 0 atom stereocenters. The number of methoxy groups -OCH3 is 1. The molecule has 19 heavy (non-hydrogen) atoms. The van der Waals surface area contributed by atoms with Crippen LogP contribution in [-0.4, -0.2) is 30.1 Å². The maximum Gasteiger partial charge on any atom is 0.270 e.